The number of amides is 1. The monoisotopic (exact) mass is 299 g/mol. The average molecular weight is 299 g/mol. The van der Waals surface area contributed by atoms with E-state index in [1.807, 2.05) is 24.3 Å². The summed E-state index contributed by atoms with van der Waals surface area (Å²) in [6.07, 6.45) is 1.88. The number of furan rings is 1. The smallest absolute Gasteiger partial charge is 0.322 e. The lowest BCUT2D eigenvalue weighted by molar-refractivity contribution is 0.0993. The van der Waals surface area contributed by atoms with Crippen LogP contribution in [0.4, 0.5) is 6.01 Å². The van der Waals surface area contributed by atoms with Crippen LogP contribution in [0.1, 0.15) is 22.0 Å². The van der Waals surface area contributed by atoms with Gasteiger partial charge in [-0.2, -0.15) is 0 Å². The number of aromatic nitrogens is 2. The summed E-state index contributed by atoms with van der Waals surface area (Å²) in [5.74, 6) is 0.917. The molecule has 1 N–H and O–H groups in total. The van der Waals surface area contributed by atoms with Crippen molar-refractivity contribution in [3.05, 3.63) is 59.9 Å². The summed E-state index contributed by atoms with van der Waals surface area (Å²) in [7, 11) is 1.61. The minimum absolute atomic E-state index is 0.0323. The van der Waals surface area contributed by atoms with E-state index in [0.29, 0.717) is 12.3 Å². The van der Waals surface area contributed by atoms with Crippen LogP contribution in [0.25, 0.3) is 0 Å². The Kier molecular flexibility index (Phi) is 3.86. The molecule has 1 amide bonds. The molecule has 2 heterocycles. The van der Waals surface area contributed by atoms with Crippen LogP contribution >= 0.6 is 0 Å². The molecule has 0 aliphatic carbocycles. The van der Waals surface area contributed by atoms with Crippen molar-refractivity contribution in [2.75, 3.05) is 12.4 Å². The number of nitrogens with one attached hydrogen (secondary N) is 1. The van der Waals surface area contributed by atoms with Gasteiger partial charge in [-0.3, -0.25) is 10.1 Å². The molecule has 3 rings (SSSR count). The van der Waals surface area contributed by atoms with Gasteiger partial charge in [0.25, 0.3) is 5.91 Å². The number of carbonyl (C=O) groups is 1. The molecule has 0 bridgehead atoms. The zero-order valence-corrected chi connectivity index (χ0v) is 11.8. The van der Waals surface area contributed by atoms with Crippen LogP contribution in [0.5, 0.6) is 5.75 Å². The SMILES string of the molecule is COc1ccc(Cc2nnc(NC(=O)c3ccco3)o2)cc1. The van der Waals surface area contributed by atoms with Crippen LogP contribution in [0.3, 0.4) is 0 Å². The van der Waals surface area contributed by atoms with Crippen LogP contribution < -0.4 is 10.1 Å². The summed E-state index contributed by atoms with van der Waals surface area (Å²) in [6.45, 7) is 0. The van der Waals surface area contributed by atoms with Crippen molar-refractivity contribution in [1.82, 2.24) is 10.2 Å². The number of benzene rings is 1. The third-order valence-corrected chi connectivity index (χ3v) is 2.95. The van der Waals surface area contributed by atoms with E-state index in [0.717, 1.165) is 11.3 Å². The van der Waals surface area contributed by atoms with E-state index in [1.54, 1.807) is 19.2 Å². The number of methoxy groups -OCH3 is 1. The van der Waals surface area contributed by atoms with Gasteiger partial charge >= 0.3 is 6.01 Å². The van der Waals surface area contributed by atoms with Gasteiger partial charge in [-0.15, -0.1) is 5.10 Å². The second-order valence-corrected chi connectivity index (χ2v) is 4.46. The molecule has 0 atom stereocenters. The Balaban J connectivity index is 1.64. The second kappa shape index (κ2) is 6.13. The van der Waals surface area contributed by atoms with Crippen molar-refractivity contribution in [3.8, 4) is 5.75 Å². The molecular formula is C15H13N3O4. The molecule has 0 aliphatic heterocycles. The number of nitrogens with zero attached hydrogens (tertiary/aromatic N) is 2. The van der Waals surface area contributed by atoms with Crippen molar-refractivity contribution >= 4 is 11.9 Å². The van der Waals surface area contributed by atoms with E-state index in [1.165, 1.54) is 6.26 Å². The quantitative estimate of drug-likeness (QED) is 0.778. The highest BCUT2D eigenvalue weighted by Gasteiger charge is 2.13. The molecule has 2 aromatic heterocycles. The van der Waals surface area contributed by atoms with E-state index in [4.69, 9.17) is 13.6 Å². The molecule has 0 radical (unpaired) electrons. The molecule has 112 valence electrons. The molecule has 0 saturated carbocycles. The molecule has 7 heteroatoms. The second-order valence-electron chi connectivity index (χ2n) is 4.46. The standard InChI is InChI=1S/C15H13N3O4/c1-20-11-6-4-10(5-7-11)9-13-17-18-15(22-13)16-14(19)12-3-2-8-21-12/h2-8H,9H2,1H3,(H,16,18,19). The minimum atomic E-state index is -0.440. The van der Waals surface area contributed by atoms with Crippen molar-refractivity contribution in [2.24, 2.45) is 0 Å². The van der Waals surface area contributed by atoms with Gasteiger partial charge in [0.2, 0.25) is 5.89 Å². The van der Waals surface area contributed by atoms with Gasteiger partial charge in [0.05, 0.1) is 19.8 Å². The Labute approximate surface area is 125 Å². The lowest BCUT2D eigenvalue weighted by Crippen LogP contribution is -2.10. The highest BCUT2D eigenvalue weighted by Crippen LogP contribution is 2.16. The number of ether oxygens (including phenoxy) is 1. The third kappa shape index (κ3) is 3.14. The normalized spacial score (nSPS) is 10.4. The maximum atomic E-state index is 11.8. The van der Waals surface area contributed by atoms with Crippen LogP contribution in [0.15, 0.2) is 51.5 Å². The zero-order chi connectivity index (χ0) is 15.4. The van der Waals surface area contributed by atoms with Gasteiger partial charge in [0.15, 0.2) is 5.76 Å². The maximum Gasteiger partial charge on any atom is 0.322 e. The molecule has 0 saturated heterocycles. The Bertz CT molecular complexity index is 747. The van der Waals surface area contributed by atoms with E-state index < -0.39 is 5.91 Å². The van der Waals surface area contributed by atoms with E-state index >= 15 is 0 Å². The first-order valence-electron chi connectivity index (χ1n) is 6.55. The largest absolute Gasteiger partial charge is 0.497 e. The highest BCUT2D eigenvalue weighted by atomic mass is 16.5. The highest BCUT2D eigenvalue weighted by molar-refractivity contribution is 6.00. The molecular weight excluding hydrogens is 286 g/mol. The van der Waals surface area contributed by atoms with Crippen molar-refractivity contribution < 1.29 is 18.4 Å². The number of hydrogen-bond donors (Lipinski definition) is 1. The molecule has 0 aliphatic rings. The summed E-state index contributed by atoms with van der Waals surface area (Å²) in [5.41, 5.74) is 0.994. The Morgan fingerprint density at radius 3 is 2.73 bits per heavy atom. The van der Waals surface area contributed by atoms with E-state index in [9.17, 15) is 4.79 Å². The summed E-state index contributed by atoms with van der Waals surface area (Å²) in [5, 5.41) is 10.2. The predicted molar refractivity (Wildman–Crippen MR) is 76.8 cm³/mol. The number of anilines is 1. The molecule has 0 fully saturated rings. The summed E-state index contributed by atoms with van der Waals surface area (Å²) in [4.78, 5) is 11.8. The van der Waals surface area contributed by atoms with Crippen molar-refractivity contribution in [3.63, 3.8) is 0 Å². The van der Waals surface area contributed by atoms with Crippen molar-refractivity contribution in [1.29, 1.82) is 0 Å². The summed E-state index contributed by atoms with van der Waals surface area (Å²) in [6, 6.07) is 10.7. The molecule has 0 spiro atoms. The Morgan fingerprint density at radius 2 is 2.05 bits per heavy atom. The average Bonchev–Trinajstić information content (AvgIpc) is 3.20. The number of carbonyl (C=O) groups excluding carboxylic acids is 1. The summed E-state index contributed by atoms with van der Waals surface area (Å²) < 4.78 is 15.5. The lowest BCUT2D eigenvalue weighted by atomic mass is 10.1. The van der Waals surface area contributed by atoms with Gasteiger partial charge in [0, 0.05) is 0 Å². The fraction of sp³-hybridized carbons (Fsp3) is 0.133. The fourth-order valence-electron chi connectivity index (χ4n) is 1.86. The van der Waals surface area contributed by atoms with Crippen molar-refractivity contribution in [2.45, 2.75) is 6.42 Å². The van der Waals surface area contributed by atoms with Gasteiger partial charge in [-0.25, -0.2) is 0 Å². The van der Waals surface area contributed by atoms with Gasteiger partial charge in [-0.05, 0) is 29.8 Å². The van der Waals surface area contributed by atoms with Gasteiger partial charge in [0.1, 0.15) is 5.75 Å². The molecule has 3 aromatic rings. The Hall–Kier alpha value is -3.09. The van der Waals surface area contributed by atoms with Crippen LogP contribution in [-0.4, -0.2) is 23.2 Å². The first-order chi connectivity index (χ1) is 10.7. The number of rotatable bonds is 5. The molecule has 22 heavy (non-hydrogen) atoms. The fourth-order valence-corrected chi connectivity index (χ4v) is 1.86. The Morgan fingerprint density at radius 1 is 1.23 bits per heavy atom. The maximum absolute atomic E-state index is 11.8. The molecule has 1 aromatic carbocycles. The molecule has 0 unspecified atom stereocenters. The van der Waals surface area contributed by atoms with Gasteiger partial charge in [-0.1, -0.05) is 17.2 Å². The van der Waals surface area contributed by atoms with Crippen LogP contribution in [0.2, 0.25) is 0 Å². The van der Waals surface area contributed by atoms with E-state index in [-0.39, 0.29) is 11.8 Å². The lowest BCUT2D eigenvalue weighted by Gasteiger charge is -2.00. The first kappa shape index (κ1) is 13.9. The van der Waals surface area contributed by atoms with Gasteiger partial charge < -0.3 is 13.6 Å². The molecule has 7 nitrogen and oxygen atoms in total. The number of hydrogen-bond acceptors (Lipinski definition) is 6. The minimum Gasteiger partial charge on any atom is -0.497 e. The zero-order valence-electron chi connectivity index (χ0n) is 11.8. The topological polar surface area (TPSA) is 90.4 Å². The first-order valence-corrected chi connectivity index (χ1v) is 6.55. The third-order valence-electron chi connectivity index (χ3n) is 2.95. The summed E-state index contributed by atoms with van der Waals surface area (Å²) >= 11 is 0. The van der Waals surface area contributed by atoms with Crippen LogP contribution in [0, 0.1) is 0 Å². The predicted octanol–water partition coefficient (Wildman–Crippen LogP) is 2.51. The van der Waals surface area contributed by atoms with Crippen LogP contribution in [-0.2, 0) is 6.42 Å². The van der Waals surface area contributed by atoms with E-state index in [2.05, 4.69) is 15.5 Å².